The number of ether oxygens (including phenoxy) is 1. The number of carbonyl (C=O) groups is 1. The number of rotatable bonds is 4. The van der Waals surface area contributed by atoms with E-state index >= 15 is 0 Å². The van der Waals surface area contributed by atoms with Crippen LogP contribution in [0.4, 0.5) is 0 Å². The molecule has 0 unspecified atom stereocenters. The fourth-order valence-corrected chi connectivity index (χ4v) is 2.93. The third kappa shape index (κ3) is 3.04. The highest BCUT2D eigenvalue weighted by molar-refractivity contribution is 5.83. The zero-order valence-electron chi connectivity index (χ0n) is 13.5. The van der Waals surface area contributed by atoms with Gasteiger partial charge in [-0.1, -0.05) is 18.2 Å². The maximum atomic E-state index is 12.4. The largest absolute Gasteiger partial charge is 0.471 e. The van der Waals surface area contributed by atoms with Crippen LogP contribution < -0.4 is 4.74 Å². The fourth-order valence-electron chi connectivity index (χ4n) is 2.93. The summed E-state index contributed by atoms with van der Waals surface area (Å²) in [6, 6.07) is 15.4. The second kappa shape index (κ2) is 6.29. The lowest BCUT2D eigenvalue weighted by atomic mass is 10.1. The van der Waals surface area contributed by atoms with Crippen molar-refractivity contribution in [2.45, 2.75) is 12.6 Å². The lowest BCUT2D eigenvalue weighted by molar-refractivity contribution is -0.140. The normalized spacial score (nSPS) is 14.1. The van der Waals surface area contributed by atoms with Crippen molar-refractivity contribution in [1.29, 1.82) is 5.26 Å². The maximum Gasteiger partial charge on any atom is 0.242 e. The molecule has 0 atom stereocenters. The Morgan fingerprint density at radius 1 is 1.24 bits per heavy atom. The van der Waals surface area contributed by atoms with Crippen molar-refractivity contribution in [2.75, 3.05) is 13.1 Å². The third-order valence-electron chi connectivity index (χ3n) is 4.34. The zero-order valence-corrected chi connectivity index (χ0v) is 13.5. The van der Waals surface area contributed by atoms with Crippen LogP contribution in [0.1, 0.15) is 5.56 Å². The highest BCUT2D eigenvalue weighted by atomic mass is 16.5. The van der Waals surface area contributed by atoms with Crippen LogP contribution in [0.2, 0.25) is 0 Å². The van der Waals surface area contributed by atoms with Crippen molar-refractivity contribution in [3.05, 3.63) is 60.4 Å². The van der Waals surface area contributed by atoms with Gasteiger partial charge in [0.05, 0.1) is 18.7 Å². The van der Waals surface area contributed by atoms with Gasteiger partial charge in [0.25, 0.3) is 0 Å². The van der Waals surface area contributed by atoms with Crippen molar-refractivity contribution in [3.8, 4) is 11.9 Å². The Balaban J connectivity index is 1.32. The molecule has 25 heavy (non-hydrogen) atoms. The summed E-state index contributed by atoms with van der Waals surface area (Å²) in [4.78, 5) is 18.3. The molecule has 6 heteroatoms. The predicted octanol–water partition coefficient (Wildman–Crippen LogP) is 2.20. The van der Waals surface area contributed by atoms with Crippen molar-refractivity contribution < 1.29 is 9.53 Å². The summed E-state index contributed by atoms with van der Waals surface area (Å²) in [7, 11) is 0. The first-order valence-corrected chi connectivity index (χ1v) is 8.07. The summed E-state index contributed by atoms with van der Waals surface area (Å²) in [5.74, 6) is 0.557. The summed E-state index contributed by atoms with van der Waals surface area (Å²) < 4.78 is 7.68. The highest BCUT2D eigenvalue weighted by Gasteiger charge is 2.32. The van der Waals surface area contributed by atoms with Crippen LogP contribution in [0.3, 0.4) is 0 Å². The first kappa shape index (κ1) is 15.2. The number of para-hydroxylation sites is 1. The van der Waals surface area contributed by atoms with Gasteiger partial charge in [0.2, 0.25) is 11.8 Å². The smallest absolute Gasteiger partial charge is 0.242 e. The Morgan fingerprint density at radius 2 is 2.08 bits per heavy atom. The Kier molecular flexibility index (Phi) is 3.82. The SMILES string of the molecule is N#Cc1ccc(OC2CN(C(=O)Cn3ccc4ccccc43)C2)nc1. The van der Waals surface area contributed by atoms with E-state index in [1.807, 2.05) is 47.2 Å². The van der Waals surface area contributed by atoms with Gasteiger partial charge in [-0.25, -0.2) is 4.98 Å². The van der Waals surface area contributed by atoms with E-state index in [1.54, 1.807) is 17.0 Å². The van der Waals surface area contributed by atoms with Crippen LogP contribution in [0.5, 0.6) is 5.88 Å². The molecule has 124 valence electrons. The minimum atomic E-state index is -0.0502. The first-order valence-electron chi connectivity index (χ1n) is 8.07. The third-order valence-corrected chi connectivity index (χ3v) is 4.34. The lowest BCUT2D eigenvalue weighted by Gasteiger charge is -2.38. The number of hydrogen-bond donors (Lipinski definition) is 0. The summed E-state index contributed by atoms with van der Waals surface area (Å²) in [6.07, 6.45) is 3.37. The Hall–Kier alpha value is -3.33. The van der Waals surface area contributed by atoms with Gasteiger partial charge in [-0.15, -0.1) is 0 Å². The van der Waals surface area contributed by atoms with E-state index in [2.05, 4.69) is 4.98 Å². The van der Waals surface area contributed by atoms with Gasteiger partial charge in [0, 0.05) is 24.0 Å². The van der Waals surface area contributed by atoms with Crippen LogP contribution in [-0.4, -0.2) is 39.6 Å². The van der Waals surface area contributed by atoms with Gasteiger partial charge in [0.15, 0.2) is 0 Å². The molecule has 0 bridgehead atoms. The van der Waals surface area contributed by atoms with E-state index in [0.29, 0.717) is 31.1 Å². The average molecular weight is 332 g/mol. The minimum Gasteiger partial charge on any atom is -0.471 e. The Morgan fingerprint density at radius 3 is 2.84 bits per heavy atom. The molecule has 6 nitrogen and oxygen atoms in total. The molecule has 1 aromatic carbocycles. The molecule has 0 aliphatic carbocycles. The summed E-state index contributed by atoms with van der Waals surface area (Å²) in [5, 5.41) is 9.89. The minimum absolute atomic E-state index is 0.0502. The molecule has 3 aromatic rings. The van der Waals surface area contributed by atoms with Crippen LogP contribution >= 0.6 is 0 Å². The number of likely N-dealkylation sites (tertiary alicyclic amines) is 1. The number of benzene rings is 1. The monoisotopic (exact) mass is 332 g/mol. The number of pyridine rings is 1. The van der Waals surface area contributed by atoms with Crippen LogP contribution in [-0.2, 0) is 11.3 Å². The molecule has 1 saturated heterocycles. The standard InChI is InChI=1S/C19H16N4O2/c20-9-14-5-6-18(21-10-14)25-16-11-23(12-16)19(24)13-22-8-7-15-3-1-2-4-17(15)22/h1-8,10,16H,11-13H2. The van der Waals surface area contributed by atoms with Crippen LogP contribution in [0, 0.1) is 11.3 Å². The van der Waals surface area contributed by atoms with Gasteiger partial charge in [-0.2, -0.15) is 5.26 Å². The van der Waals surface area contributed by atoms with Gasteiger partial charge in [-0.3, -0.25) is 4.79 Å². The van der Waals surface area contributed by atoms with Gasteiger partial charge < -0.3 is 14.2 Å². The number of fused-ring (bicyclic) bond motifs is 1. The molecule has 4 rings (SSSR count). The molecule has 0 spiro atoms. The lowest BCUT2D eigenvalue weighted by Crippen LogP contribution is -2.56. The molecule has 0 saturated carbocycles. The number of nitriles is 1. The number of aromatic nitrogens is 2. The van der Waals surface area contributed by atoms with E-state index in [4.69, 9.17) is 10.00 Å². The summed E-state index contributed by atoms with van der Waals surface area (Å²) >= 11 is 0. The summed E-state index contributed by atoms with van der Waals surface area (Å²) in [6.45, 7) is 1.44. The van der Waals surface area contributed by atoms with Crippen LogP contribution in [0.15, 0.2) is 54.9 Å². The fraction of sp³-hybridized carbons (Fsp3) is 0.211. The highest BCUT2D eigenvalue weighted by Crippen LogP contribution is 2.19. The Bertz CT molecular complexity index is 949. The maximum absolute atomic E-state index is 12.4. The van der Waals surface area contributed by atoms with Gasteiger partial charge >= 0.3 is 0 Å². The van der Waals surface area contributed by atoms with E-state index in [9.17, 15) is 4.79 Å². The molecule has 2 aromatic heterocycles. The Labute approximate surface area is 144 Å². The van der Waals surface area contributed by atoms with Crippen molar-refractivity contribution in [2.24, 2.45) is 0 Å². The molecule has 3 heterocycles. The number of carbonyl (C=O) groups excluding carboxylic acids is 1. The van der Waals surface area contributed by atoms with Crippen LogP contribution in [0.25, 0.3) is 10.9 Å². The van der Waals surface area contributed by atoms with E-state index in [-0.39, 0.29) is 12.0 Å². The zero-order chi connectivity index (χ0) is 17.2. The van der Waals surface area contributed by atoms with E-state index in [0.717, 1.165) is 10.9 Å². The average Bonchev–Trinajstić information content (AvgIpc) is 3.01. The van der Waals surface area contributed by atoms with Crippen molar-refractivity contribution in [3.63, 3.8) is 0 Å². The number of hydrogen-bond acceptors (Lipinski definition) is 4. The predicted molar refractivity (Wildman–Crippen MR) is 91.9 cm³/mol. The van der Waals surface area contributed by atoms with Gasteiger partial charge in [-0.05, 0) is 23.6 Å². The van der Waals surface area contributed by atoms with Crippen molar-refractivity contribution in [1.82, 2.24) is 14.5 Å². The molecule has 1 amide bonds. The quantitative estimate of drug-likeness (QED) is 0.734. The van der Waals surface area contributed by atoms with E-state index in [1.165, 1.54) is 6.20 Å². The number of amides is 1. The topological polar surface area (TPSA) is 71.2 Å². The molecule has 1 fully saturated rings. The molecular formula is C19H16N4O2. The van der Waals surface area contributed by atoms with Crippen molar-refractivity contribution >= 4 is 16.8 Å². The first-order chi connectivity index (χ1) is 12.2. The molecule has 0 radical (unpaired) electrons. The second-order valence-electron chi connectivity index (χ2n) is 6.04. The number of nitrogens with zero attached hydrogens (tertiary/aromatic N) is 4. The van der Waals surface area contributed by atoms with Gasteiger partial charge in [0.1, 0.15) is 18.7 Å². The molecule has 1 aliphatic rings. The second-order valence-corrected chi connectivity index (χ2v) is 6.04. The molecule has 0 N–H and O–H groups in total. The van der Waals surface area contributed by atoms with E-state index < -0.39 is 0 Å². The summed E-state index contributed by atoms with van der Waals surface area (Å²) in [5.41, 5.74) is 1.56. The molecule has 1 aliphatic heterocycles. The molecular weight excluding hydrogens is 316 g/mol.